The van der Waals surface area contributed by atoms with Gasteiger partial charge in [0.2, 0.25) is 0 Å². The van der Waals surface area contributed by atoms with Gasteiger partial charge in [0, 0.05) is 23.4 Å². The third kappa shape index (κ3) is 3.69. The Balaban J connectivity index is 1.59. The van der Waals surface area contributed by atoms with Crippen LogP contribution in [0.1, 0.15) is 31.7 Å². The Morgan fingerprint density at radius 3 is 2.95 bits per heavy atom. The Morgan fingerprint density at radius 1 is 1.29 bits per heavy atom. The Morgan fingerprint density at radius 2 is 2.14 bits per heavy atom. The van der Waals surface area contributed by atoms with Gasteiger partial charge < -0.3 is 5.32 Å². The van der Waals surface area contributed by atoms with Crippen LogP contribution in [0, 0.1) is 0 Å². The summed E-state index contributed by atoms with van der Waals surface area (Å²) in [5.74, 6) is 1.23. The second kappa shape index (κ2) is 7.14. The molecule has 1 aromatic heterocycles. The topological polar surface area (TPSA) is 40.7 Å². The smallest absolute Gasteiger partial charge is 0.0695 e. The number of thioether (sulfide) groups is 1. The van der Waals surface area contributed by atoms with E-state index < -0.39 is 0 Å². The number of nitrogens with zero attached hydrogens (tertiary/aromatic N) is 1. The summed E-state index contributed by atoms with van der Waals surface area (Å²) in [6, 6.07) is 11.1. The van der Waals surface area contributed by atoms with Gasteiger partial charge in [0.15, 0.2) is 0 Å². The molecular weight excluding hydrogens is 278 g/mol. The lowest BCUT2D eigenvalue weighted by Crippen LogP contribution is -2.26. The first-order valence-corrected chi connectivity index (χ1v) is 8.84. The molecule has 2 N–H and O–H groups in total. The molecule has 1 aliphatic rings. The van der Waals surface area contributed by atoms with Gasteiger partial charge >= 0.3 is 0 Å². The zero-order chi connectivity index (χ0) is 14.5. The van der Waals surface area contributed by atoms with Crippen LogP contribution in [0.3, 0.4) is 0 Å². The number of nitrogens with one attached hydrogen (secondary N) is 2. The first kappa shape index (κ1) is 14.7. The lowest BCUT2D eigenvalue weighted by atomic mass is 10.1. The SMILES string of the molecule is CCSC1CCC(NCc2cn[nH]c2-c2ccccc2)C1. The Labute approximate surface area is 130 Å². The lowest BCUT2D eigenvalue weighted by molar-refractivity contribution is 0.525. The summed E-state index contributed by atoms with van der Waals surface area (Å²) in [6.07, 6.45) is 5.91. The molecule has 0 spiro atoms. The Hall–Kier alpha value is -1.26. The maximum atomic E-state index is 4.22. The van der Waals surface area contributed by atoms with Crippen molar-refractivity contribution in [1.29, 1.82) is 0 Å². The molecule has 0 saturated heterocycles. The lowest BCUT2D eigenvalue weighted by Gasteiger charge is -2.13. The first-order chi connectivity index (χ1) is 10.4. The van der Waals surface area contributed by atoms with E-state index in [0.717, 1.165) is 17.5 Å². The molecular formula is C17H23N3S. The van der Waals surface area contributed by atoms with Gasteiger partial charge in [-0.05, 0) is 30.6 Å². The maximum Gasteiger partial charge on any atom is 0.0695 e. The maximum absolute atomic E-state index is 4.22. The van der Waals surface area contributed by atoms with Crippen LogP contribution >= 0.6 is 11.8 Å². The van der Waals surface area contributed by atoms with Crippen LogP contribution in [0.5, 0.6) is 0 Å². The van der Waals surface area contributed by atoms with Crippen LogP contribution in [-0.4, -0.2) is 27.2 Å². The fourth-order valence-electron chi connectivity index (χ4n) is 3.07. The predicted molar refractivity (Wildman–Crippen MR) is 90.4 cm³/mol. The fourth-order valence-corrected chi connectivity index (χ4v) is 4.21. The van der Waals surface area contributed by atoms with Gasteiger partial charge in [0.25, 0.3) is 0 Å². The van der Waals surface area contributed by atoms with Crippen molar-refractivity contribution in [3.8, 4) is 11.3 Å². The zero-order valence-corrected chi connectivity index (χ0v) is 13.3. The zero-order valence-electron chi connectivity index (χ0n) is 12.5. The number of hydrogen-bond donors (Lipinski definition) is 2. The molecule has 0 amide bonds. The van der Waals surface area contributed by atoms with Gasteiger partial charge in [-0.3, -0.25) is 5.10 Å². The van der Waals surface area contributed by atoms with E-state index in [0.29, 0.717) is 6.04 Å². The second-order valence-electron chi connectivity index (χ2n) is 5.60. The van der Waals surface area contributed by atoms with Crippen LogP contribution in [-0.2, 0) is 6.54 Å². The van der Waals surface area contributed by atoms with Crippen molar-refractivity contribution in [2.45, 2.75) is 44.0 Å². The predicted octanol–water partition coefficient (Wildman–Crippen LogP) is 3.84. The van der Waals surface area contributed by atoms with E-state index in [1.807, 2.05) is 12.3 Å². The standard InChI is InChI=1S/C17H23N3S/c1-2-21-16-9-8-15(10-16)18-11-14-12-19-20-17(14)13-6-4-3-5-7-13/h3-7,12,15-16,18H,2,8-11H2,1H3,(H,19,20). The molecule has 4 heteroatoms. The highest BCUT2D eigenvalue weighted by molar-refractivity contribution is 7.99. The minimum Gasteiger partial charge on any atom is -0.310 e. The molecule has 2 aromatic rings. The molecule has 1 heterocycles. The number of aromatic amines is 1. The number of H-pyrrole nitrogens is 1. The van der Waals surface area contributed by atoms with Gasteiger partial charge in [0.05, 0.1) is 11.9 Å². The van der Waals surface area contributed by atoms with Crippen LogP contribution in [0.2, 0.25) is 0 Å². The van der Waals surface area contributed by atoms with Crippen LogP contribution in [0.25, 0.3) is 11.3 Å². The van der Waals surface area contributed by atoms with Crippen molar-refractivity contribution in [3.05, 3.63) is 42.1 Å². The second-order valence-corrected chi connectivity index (χ2v) is 7.18. The number of aromatic nitrogens is 2. The van der Waals surface area contributed by atoms with Gasteiger partial charge in [-0.1, -0.05) is 37.3 Å². The van der Waals surface area contributed by atoms with E-state index in [-0.39, 0.29) is 0 Å². The third-order valence-corrected chi connectivity index (χ3v) is 5.38. The monoisotopic (exact) mass is 301 g/mol. The molecule has 1 saturated carbocycles. The molecule has 1 aliphatic carbocycles. The van der Waals surface area contributed by atoms with Crippen molar-refractivity contribution >= 4 is 11.8 Å². The largest absolute Gasteiger partial charge is 0.310 e. The number of benzene rings is 1. The number of rotatable bonds is 6. The van der Waals surface area contributed by atoms with E-state index in [9.17, 15) is 0 Å². The molecule has 2 unspecified atom stereocenters. The van der Waals surface area contributed by atoms with E-state index in [1.54, 1.807) is 0 Å². The van der Waals surface area contributed by atoms with Crippen molar-refractivity contribution in [2.75, 3.05) is 5.75 Å². The van der Waals surface area contributed by atoms with Crippen molar-refractivity contribution in [3.63, 3.8) is 0 Å². The molecule has 0 radical (unpaired) electrons. The number of hydrogen-bond acceptors (Lipinski definition) is 3. The van der Waals surface area contributed by atoms with Crippen LogP contribution in [0.15, 0.2) is 36.5 Å². The minimum absolute atomic E-state index is 0.660. The summed E-state index contributed by atoms with van der Waals surface area (Å²) in [6.45, 7) is 3.15. The van der Waals surface area contributed by atoms with Crippen LogP contribution in [0.4, 0.5) is 0 Å². The average Bonchev–Trinajstić information content (AvgIpc) is 3.15. The average molecular weight is 301 g/mol. The highest BCUT2D eigenvalue weighted by atomic mass is 32.2. The van der Waals surface area contributed by atoms with E-state index in [4.69, 9.17) is 0 Å². The van der Waals surface area contributed by atoms with E-state index in [2.05, 4.69) is 58.5 Å². The Bertz CT molecular complexity index is 552. The van der Waals surface area contributed by atoms with Gasteiger partial charge in [-0.25, -0.2) is 0 Å². The summed E-state index contributed by atoms with van der Waals surface area (Å²) in [5, 5.41) is 11.9. The quantitative estimate of drug-likeness (QED) is 0.851. The highest BCUT2D eigenvalue weighted by Gasteiger charge is 2.24. The molecule has 1 fully saturated rings. The highest BCUT2D eigenvalue weighted by Crippen LogP contribution is 2.30. The molecule has 21 heavy (non-hydrogen) atoms. The van der Waals surface area contributed by atoms with E-state index in [1.165, 1.54) is 36.1 Å². The molecule has 112 valence electrons. The Kier molecular flexibility index (Phi) is 4.99. The van der Waals surface area contributed by atoms with Gasteiger partial charge in [0.1, 0.15) is 0 Å². The third-order valence-electron chi connectivity index (χ3n) is 4.15. The molecule has 3 rings (SSSR count). The summed E-state index contributed by atoms with van der Waals surface area (Å²) in [4.78, 5) is 0. The van der Waals surface area contributed by atoms with Crippen LogP contribution < -0.4 is 5.32 Å². The van der Waals surface area contributed by atoms with E-state index >= 15 is 0 Å². The van der Waals surface area contributed by atoms with Gasteiger partial charge in [-0.2, -0.15) is 16.9 Å². The summed E-state index contributed by atoms with van der Waals surface area (Å²) >= 11 is 2.11. The molecule has 1 aromatic carbocycles. The summed E-state index contributed by atoms with van der Waals surface area (Å²) in [7, 11) is 0. The van der Waals surface area contributed by atoms with Gasteiger partial charge in [-0.15, -0.1) is 0 Å². The van der Waals surface area contributed by atoms with Crippen molar-refractivity contribution < 1.29 is 0 Å². The van der Waals surface area contributed by atoms with Crippen molar-refractivity contribution in [2.24, 2.45) is 0 Å². The van der Waals surface area contributed by atoms with Crippen molar-refractivity contribution in [1.82, 2.24) is 15.5 Å². The minimum atomic E-state index is 0.660. The molecule has 0 bridgehead atoms. The molecule has 3 nitrogen and oxygen atoms in total. The molecule has 0 aliphatic heterocycles. The fraction of sp³-hybridized carbons (Fsp3) is 0.471. The summed E-state index contributed by atoms with van der Waals surface area (Å²) < 4.78 is 0. The summed E-state index contributed by atoms with van der Waals surface area (Å²) in [5.41, 5.74) is 3.60. The normalized spacial score (nSPS) is 21.8. The first-order valence-electron chi connectivity index (χ1n) is 7.79. The molecule has 2 atom stereocenters.